The summed E-state index contributed by atoms with van der Waals surface area (Å²) in [6.07, 6.45) is 8.44. The lowest BCUT2D eigenvalue weighted by atomic mass is 9.81. The molecule has 0 amide bonds. The molecule has 0 saturated carbocycles. The largest absolute Gasteiger partial charge is 0.391 e. The summed E-state index contributed by atoms with van der Waals surface area (Å²) >= 11 is 0. The number of hydrogen-bond donors (Lipinski definition) is 0. The third-order valence-electron chi connectivity index (χ3n) is 7.98. The van der Waals surface area contributed by atoms with Crippen LogP contribution in [0.1, 0.15) is 50.3 Å². The fourth-order valence-electron chi connectivity index (χ4n) is 5.56. The van der Waals surface area contributed by atoms with Gasteiger partial charge in [0.25, 0.3) is 0 Å². The van der Waals surface area contributed by atoms with E-state index in [1.165, 1.54) is 29.3 Å². The van der Waals surface area contributed by atoms with Crippen LogP contribution in [0.4, 0.5) is 22.0 Å². The van der Waals surface area contributed by atoms with E-state index < -0.39 is 25.8 Å². The van der Waals surface area contributed by atoms with Gasteiger partial charge in [-0.05, 0) is 85.4 Å². The molecule has 1 saturated heterocycles. The summed E-state index contributed by atoms with van der Waals surface area (Å²) < 4.78 is 67.8. The molecule has 6 heteroatoms. The highest BCUT2D eigenvalue weighted by molar-refractivity contribution is 7.59. The van der Waals surface area contributed by atoms with Gasteiger partial charge in [0.2, 0.25) is 0 Å². The van der Waals surface area contributed by atoms with Crippen molar-refractivity contribution in [2.45, 2.75) is 63.9 Å². The second kappa shape index (κ2) is 11.2. The summed E-state index contributed by atoms with van der Waals surface area (Å²) in [6.45, 7) is 5.40. The van der Waals surface area contributed by atoms with Gasteiger partial charge in [0, 0.05) is 11.1 Å². The van der Waals surface area contributed by atoms with Crippen molar-refractivity contribution in [2.75, 3.05) is 6.16 Å². The van der Waals surface area contributed by atoms with E-state index in [1.54, 1.807) is 6.07 Å². The van der Waals surface area contributed by atoms with Crippen molar-refractivity contribution in [1.29, 1.82) is 0 Å². The van der Waals surface area contributed by atoms with Crippen molar-refractivity contribution < 1.29 is 22.0 Å². The van der Waals surface area contributed by atoms with Crippen LogP contribution in [-0.2, 0) is 19.0 Å². The van der Waals surface area contributed by atoms with Crippen LogP contribution in [0.3, 0.4) is 0 Å². The normalized spacial score (nSPS) is 23.5. The molecule has 0 N–H and O–H groups in total. The Morgan fingerprint density at radius 2 is 1.78 bits per heavy atom. The van der Waals surface area contributed by atoms with Gasteiger partial charge in [-0.15, -0.1) is 0 Å². The van der Waals surface area contributed by atoms with Gasteiger partial charge in [0.15, 0.2) is 0 Å². The van der Waals surface area contributed by atoms with E-state index in [0.717, 1.165) is 43.5 Å². The molecule has 4 atom stereocenters. The van der Waals surface area contributed by atoms with Gasteiger partial charge in [-0.1, -0.05) is 75.9 Å². The Balaban J connectivity index is 1.53. The molecular weight excluding hydrogens is 498 g/mol. The van der Waals surface area contributed by atoms with E-state index in [1.807, 2.05) is 25.1 Å². The minimum Gasteiger partial charge on any atom is -0.207 e. The molecule has 1 aliphatic carbocycles. The minimum atomic E-state index is -4.35. The SMILES string of the molecule is C/C=C\C(Cc1ccc(F)cc1)C1=CCC2(C)C(=C1)CCP2Cc1cccc(F)c1CC(C)C(F)(F)F. The van der Waals surface area contributed by atoms with E-state index in [9.17, 15) is 22.0 Å². The van der Waals surface area contributed by atoms with Gasteiger partial charge >= 0.3 is 6.18 Å². The highest BCUT2D eigenvalue weighted by Gasteiger charge is 2.44. The summed E-state index contributed by atoms with van der Waals surface area (Å²) in [4.78, 5) is 0. The van der Waals surface area contributed by atoms with Crippen molar-refractivity contribution in [3.8, 4) is 0 Å². The van der Waals surface area contributed by atoms with Gasteiger partial charge in [0.05, 0.1) is 5.92 Å². The average molecular weight is 533 g/mol. The van der Waals surface area contributed by atoms with Crippen molar-refractivity contribution in [3.63, 3.8) is 0 Å². The molecule has 2 aromatic carbocycles. The quantitative estimate of drug-likeness (QED) is 0.180. The predicted molar refractivity (Wildman–Crippen MR) is 143 cm³/mol. The van der Waals surface area contributed by atoms with Crippen LogP contribution < -0.4 is 0 Å². The first kappa shape index (κ1) is 27.8. The topological polar surface area (TPSA) is 0 Å². The summed E-state index contributed by atoms with van der Waals surface area (Å²) in [6, 6.07) is 11.3. The number of rotatable bonds is 8. The number of fused-ring (bicyclic) bond motifs is 1. The summed E-state index contributed by atoms with van der Waals surface area (Å²) in [5.41, 5.74) is 4.68. The van der Waals surface area contributed by atoms with Crippen LogP contribution in [0.2, 0.25) is 0 Å². The first-order chi connectivity index (χ1) is 17.5. The smallest absolute Gasteiger partial charge is 0.207 e. The number of alkyl halides is 3. The number of benzene rings is 2. The third kappa shape index (κ3) is 6.25. The maximum Gasteiger partial charge on any atom is 0.391 e. The molecule has 4 rings (SSSR count). The van der Waals surface area contributed by atoms with Crippen molar-refractivity contribution in [3.05, 3.63) is 106 Å². The lowest BCUT2D eigenvalue weighted by molar-refractivity contribution is -0.169. The summed E-state index contributed by atoms with van der Waals surface area (Å²) in [5.74, 6) is -2.17. The highest BCUT2D eigenvalue weighted by atomic mass is 31.1. The minimum absolute atomic E-state index is 0.0333. The Bertz CT molecular complexity index is 1190. The van der Waals surface area contributed by atoms with Crippen LogP contribution in [0.25, 0.3) is 0 Å². The van der Waals surface area contributed by atoms with Crippen LogP contribution >= 0.6 is 7.92 Å². The molecule has 2 aliphatic rings. The van der Waals surface area contributed by atoms with Crippen molar-refractivity contribution in [2.24, 2.45) is 11.8 Å². The first-order valence-corrected chi connectivity index (χ1v) is 14.6. The molecule has 198 valence electrons. The molecule has 0 spiro atoms. The van der Waals surface area contributed by atoms with Gasteiger partial charge < -0.3 is 0 Å². The summed E-state index contributed by atoms with van der Waals surface area (Å²) in [7, 11) is -0.561. The second-order valence-electron chi connectivity index (χ2n) is 10.5. The molecule has 2 aromatic rings. The zero-order valence-electron chi connectivity index (χ0n) is 21.6. The molecular formula is C31H34F5P. The van der Waals surface area contributed by atoms with E-state index >= 15 is 0 Å². The molecule has 0 aromatic heterocycles. The van der Waals surface area contributed by atoms with Gasteiger partial charge in [0.1, 0.15) is 11.6 Å². The van der Waals surface area contributed by atoms with E-state index in [4.69, 9.17) is 0 Å². The first-order valence-electron chi connectivity index (χ1n) is 12.9. The standard InChI is InChI=1S/C31H34F5P/c1-4-6-23(18-22-9-11-27(32)12-10-22)24-13-15-30(3)26(19-24)14-16-37(30)20-25-7-5-8-29(33)28(25)17-21(2)31(34,35)36/h4-13,19,21,23H,14-18,20H2,1-3H3/b6-4-. The Labute approximate surface area is 218 Å². The predicted octanol–water partition coefficient (Wildman–Crippen LogP) is 9.54. The van der Waals surface area contributed by atoms with E-state index in [-0.39, 0.29) is 28.9 Å². The molecule has 1 aliphatic heterocycles. The van der Waals surface area contributed by atoms with Gasteiger partial charge in [-0.25, -0.2) is 8.78 Å². The van der Waals surface area contributed by atoms with Gasteiger partial charge in [-0.2, -0.15) is 13.2 Å². The fraction of sp³-hybridized carbons (Fsp3) is 0.419. The Kier molecular flexibility index (Phi) is 8.43. The fourth-order valence-corrected chi connectivity index (χ4v) is 8.71. The Hall–Kier alpha value is -2.26. The number of halogens is 5. The van der Waals surface area contributed by atoms with E-state index in [0.29, 0.717) is 6.16 Å². The molecule has 0 bridgehead atoms. The summed E-state index contributed by atoms with van der Waals surface area (Å²) in [5, 5.41) is -0.0333. The lowest BCUT2D eigenvalue weighted by Crippen LogP contribution is -2.25. The molecule has 4 unspecified atom stereocenters. The second-order valence-corrected chi connectivity index (χ2v) is 13.3. The molecule has 1 heterocycles. The molecule has 1 fully saturated rings. The molecule has 0 radical (unpaired) electrons. The zero-order chi connectivity index (χ0) is 26.8. The van der Waals surface area contributed by atoms with Crippen LogP contribution in [0, 0.1) is 23.5 Å². The number of hydrogen-bond acceptors (Lipinski definition) is 0. The zero-order valence-corrected chi connectivity index (χ0v) is 22.5. The lowest BCUT2D eigenvalue weighted by Gasteiger charge is -2.37. The monoisotopic (exact) mass is 532 g/mol. The average Bonchev–Trinajstić information content (AvgIpc) is 3.16. The third-order valence-corrected chi connectivity index (χ3v) is 11.3. The van der Waals surface area contributed by atoms with Gasteiger partial charge in [-0.3, -0.25) is 0 Å². The molecule has 0 nitrogen and oxygen atoms in total. The van der Waals surface area contributed by atoms with E-state index in [2.05, 4.69) is 31.2 Å². The maximum atomic E-state index is 14.7. The Morgan fingerprint density at radius 3 is 2.46 bits per heavy atom. The van der Waals surface area contributed by atoms with Crippen LogP contribution in [0.5, 0.6) is 0 Å². The number of allylic oxidation sites excluding steroid dienone is 6. The molecule has 37 heavy (non-hydrogen) atoms. The van der Waals surface area contributed by atoms with Crippen LogP contribution in [0.15, 0.2) is 77.9 Å². The van der Waals surface area contributed by atoms with Crippen molar-refractivity contribution >= 4 is 7.92 Å². The highest BCUT2D eigenvalue weighted by Crippen LogP contribution is 2.65. The van der Waals surface area contributed by atoms with Crippen LogP contribution in [-0.4, -0.2) is 17.5 Å². The van der Waals surface area contributed by atoms with Crippen molar-refractivity contribution in [1.82, 2.24) is 0 Å². The maximum absolute atomic E-state index is 14.7. The Morgan fingerprint density at radius 1 is 1.05 bits per heavy atom.